The van der Waals surface area contributed by atoms with Crippen LogP contribution in [0.5, 0.6) is 0 Å². The fourth-order valence-corrected chi connectivity index (χ4v) is 1.40. The van der Waals surface area contributed by atoms with Gasteiger partial charge in [-0.05, 0) is 6.07 Å². The molecule has 0 amide bonds. The van der Waals surface area contributed by atoms with Gasteiger partial charge in [-0.15, -0.1) is 0 Å². The molecule has 74 valence electrons. The minimum Gasteiger partial charge on any atom is -0.281 e. The molecule has 0 atom stereocenters. The summed E-state index contributed by atoms with van der Waals surface area (Å²) in [5.74, 6) is 0. The van der Waals surface area contributed by atoms with Gasteiger partial charge in [0.1, 0.15) is 11.6 Å². The number of fused-ring (bicyclic) bond motifs is 1. The summed E-state index contributed by atoms with van der Waals surface area (Å²) in [5, 5.41) is 20.4. The number of nitro groups is 1. The second-order valence-electron chi connectivity index (χ2n) is 2.99. The van der Waals surface area contributed by atoms with E-state index in [0.717, 1.165) is 0 Å². The van der Waals surface area contributed by atoms with E-state index in [-0.39, 0.29) is 11.3 Å². The Hall–Kier alpha value is -2.29. The van der Waals surface area contributed by atoms with Gasteiger partial charge in [0.2, 0.25) is 0 Å². The molecule has 0 saturated carbocycles. The molecule has 0 unspecified atom stereocenters. The second kappa shape index (κ2) is 3.46. The molecule has 1 aliphatic heterocycles. The number of hydrogen-bond acceptors (Lipinski definition) is 5. The van der Waals surface area contributed by atoms with Crippen LogP contribution in [0.1, 0.15) is 5.56 Å². The van der Waals surface area contributed by atoms with Crippen molar-refractivity contribution in [1.82, 2.24) is 0 Å². The lowest BCUT2D eigenvalue weighted by atomic mass is 10.2. The third-order valence-corrected chi connectivity index (χ3v) is 2.07. The summed E-state index contributed by atoms with van der Waals surface area (Å²) in [4.78, 5) is 18.3. The molecule has 1 aliphatic rings. The summed E-state index contributed by atoms with van der Waals surface area (Å²) in [5.41, 5.74) is -0.184. The third-order valence-electron chi connectivity index (χ3n) is 2.07. The van der Waals surface area contributed by atoms with E-state index < -0.39 is 4.92 Å². The molecule has 1 heterocycles. The summed E-state index contributed by atoms with van der Waals surface area (Å²) in [6.07, 6.45) is 0. The molecule has 15 heavy (non-hydrogen) atoms. The Morgan fingerprint density at radius 2 is 1.93 bits per heavy atom. The summed E-state index contributed by atoms with van der Waals surface area (Å²) in [6.45, 7) is 1.10. The highest BCUT2D eigenvalue weighted by atomic mass is 16.6. The Balaban J connectivity index is 2.81. The van der Waals surface area contributed by atoms with Gasteiger partial charge in [0.25, 0.3) is 5.69 Å². The number of nitriles is 1. The molecule has 1 aromatic carbocycles. The molecule has 1 aromatic rings. The highest BCUT2D eigenvalue weighted by Crippen LogP contribution is 2.12. The van der Waals surface area contributed by atoms with Gasteiger partial charge < -0.3 is 0 Å². The van der Waals surface area contributed by atoms with Gasteiger partial charge in [-0.25, -0.2) is 0 Å². The Labute approximate surface area is 84.4 Å². The summed E-state index contributed by atoms with van der Waals surface area (Å²) >= 11 is 0. The molecule has 6 heteroatoms. The van der Waals surface area contributed by atoms with Gasteiger partial charge in [0.15, 0.2) is 0 Å². The SMILES string of the molecule is N#Cc1cc2c(cc1[N+](=O)[O-])=NCCN=2. The van der Waals surface area contributed by atoms with Crippen molar-refractivity contribution in [3.8, 4) is 6.07 Å². The van der Waals surface area contributed by atoms with Gasteiger partial charge in [-0.3, -0.25) is 20.1 Å². The van der Waals surface area contributed by atoms with Crippen molar-refractivity contribution in [2.75, 3.05) is 13.1 Å². The summed E-state index contributed by atoms with van der Waals surface area (Å²) in [6, 6.07) is 4.50. The van der Waals surface area contributed by atoms with E-state index in [0.29, 0.717) is 23.8 Å². The average Bonchev–Trinajstić information content (AvgIpc) is 2.27. The predicted octanol–water partition coefficient (Wildman–Crippen LogP) is -0.281. The fourth-order valence-electron chi connectivity index (χ4n) is 1.40. The van der Waals surface area contributed by atoms with E-state index in [9.17, 15) is 10.1 Å². The molecular weight excluding hydrogens is 196 g/mol. The molecule has 0 spiro atoms. The van der Waals surface area contributed by atoms with Gasteiger partial charge in [-0.1, -0.05) is 0 Å². The molecule has 6 nitrogen and oxygen atoms in total. The third kappa shape index (κ3) is 1.55. The molecular formula is C9H6N4O2. The van der Waals surface area contributed by atoms with Crippen molar-refractivity contribution in [1.29, 1.82) is 5.26 Å². The van der Waals surface area contributed by atoms with E-state index in [1.54, 1.807) is 6.07 Å². The predicted molar refractivity (Wildman–Crippen MR) is 49.9 cm³/mol. The van der Waals surface area contributed by atoms with Crippen LogP contribution in [0.15, 0.2) is 22.1 Å². The smallest absolute Gasteiger partial charge is 0.281 e. The maximum Gasteiger partial charge on any atom is 0.289 e. The highest BCUT2D eigenvalue weighted by Gasteiger charge is 2.15. The Morgan fingerprint density at radius 3 is 2.47 bits per heavy atom. The first-order valence-electron chi connectivity index (χ1n) is 4.30. The van der Waals surface area contributed by atoms with Crippen LogP contribution in [0.2, 0.25) is 0 Å². The first-order chi connectivity index (χ1) is 7.22. The van der Waals surface area contributed by atoms with E-state index in [4.69, 9.17) is 5.26 Å². The monoisotopic (exact) mass is 202 g/mol. The maximum absolute atomic E-state index is 10.6. The Kier molecular flexibility index (Phi) is 2.14. The Bertz CT molecular complexity index is 585. The molecule has 0 saturated heterocycles. The van der Waals surface area contributed by atoms with Crippen LogP contribution in [-0.4, -0.2) is 18.0 Å². The van der Waals surface area contributed by atoms with Crippen LogP contribution >= 0.6 is 0 Å². The number of nitro benzene ring substituents is 1. The van der Waals surface area contributed by atoms with Crippen molar-refractivity contribution < 1.29 is 4.92 Å². The first-order valence-corrected chi connectivity index (χ1v) is 4.30. The van der Waals surface area contributed by atoms with Crippen LogP contribution in [0.25, 0.3) is 0 Å². The molecule has 0 aliphatic carbocycles. The first kappa shape index (κ1) is 9.27. The van der Waals surface area contributed by atoms with Crippen LogP contribution in [0.3, 0.4) is 0 Å². The minimum atomic E-state index is -0.580. The van der Waals surface area contributed by atoms with Crippen LogP contribution < -0.4 is 10.7 Å². The normalized spacial score (nSPS) is 13.0. The maximum atomic E-state index is 10.6. The van der Waals surface area contributed by atoms with Gasteiger partial charge >= 0.3 is 0 Å². The van der Waals surface area contributed by atoms with E-state index in [1.165, 1.54) is 12.1 Å². The average molecular weight is 202 g/mol. The standard InChI is InChI=1S/C9H6N4O2/c10-5-6-3-7-8(12-2-1-11-7)4-9(6)13(14)15/h3-4H,1-2H2. The van der Waals surface area contributed by atoms with E-state index in [1.807, 2.05) is 0 Å². The largest absolute Gasteiger partial charge is 0.289 e. The number of nitrogens with zero attached hydrogens (tertiary/aromatic N) is 4. The molecule has 0 aromatic heterocycles. The summed E-state index contributed by atoms with van der Waals surface area (Å²) < 4.78 is 0. The molecule has 0 N–H and O–H groups in total. The van der Waals surface area contributed by atoms with Crippen molar-refractivity contribution in [2.45, 2.75) is 0 Å². The number of rotatable bonds is 1. The van der Waals surface area contributed by atoms with Crippen LogP contribution in [-0.2, 0) is 0 Å². The molecule has 0 fully saturated rings. The molecule has 2 rings (SSSR count). The molecule has 0 radical (unpaired) electrons. The summed E-state index contributed by atoms with van der Waals surface area (Å²) in [7, 11) is 0. The lowest BCUT2D eigenvalue weighted by Crippen LogP contribution is -2.30. The zero-order valence-corrected chi connectivity index (χ0v) is 7.67. The number of benzene rings is 1. The van der Waals surface area contributed by atoms with E-state index >= 15 is 0 Å². The minimum absolute atomic E-state index is 0.0274. The second-order valence-corrected chi connectivity index (χ2v) is 2.99. The highest BCUT2D eigenvalue weighted by molar-refractivity contribution is 5.47. The van der Waals surface area contributed by atoms with Crippen molar-refractivity contribution in [2.24, 2.45) is 9.98 Å². The quantitative estimate of drug-likeness (QED) is 0.463. The lowest BCUT2D eigenvalue weighted by Gasteiger charge is -2.00. The fraction of sp³-hybridized carbons (Fsp3) is 0.222. The van der Waals surface area contributed by atoms with Crippen molar-refractivity contribution in [3.05, 3.63) is 38.5 Å². The molecule has 0 bridgehead atoms. The van der Waals surface area contributed by atoms with Gasteiger partial charge in [-0.2, -0.15) is 5.26 Å². The number of hydrogen-bond donors (Lipinski definition) is 0. The van der Waals surface area contributed by atoms with Crippen molar-refractivity contribution in [3.63, 3.8) is 0 Å². The van der Waals surface area contributed by atoms with Crippen LogP contribution in [0.4, 0.5) is 5.69 Å². The van der Waals surface area contributed by atoms with Gasteiger partial charge in [0.05, 0.1) is 28.7 Å². The topological polar surface area (TPSA) is 91.6 Å². The van der Waals surface area contributed by atoms with Gasteiger partial charge in [0, 0.05) is 6.07 Å². The Morgan fingerprint density at radius 1 is 1.33 bits per heavy atom. The zero-order valence-electron chi connectivity index (χ0n) is 7.67. The zero-order chi connectivity index (χ0) is 10.8. The van der Waals surface area contributed by atoms with Crippen molar-refractivity contribution >= 4 is 5.69 Å². The van der Waals surface area contributed by atoms with Crippen LogP contribution in [0, 0.1) is 21.4 Å². The van der Waals surface area contributed by atoms with E-state index in [2.05, 4.69) is 9.98 Å². The lowest BCUT2D eigenvalue weighted by molar-refractivity contribution is -0.385.